The molecular weight excluding hydrogens is 280 g/mol. The first-order valence-corrected chi connectivity index (χ1v) is 8.94. The van der Waals surface area contributed by atoms with E-state index in [-0.39, 0.29) is 6.04 Å². The highest BCUT2D eigenvalue weighted by molar-refractivity contribution is 7.15. The Morgan fingerprint density at radius 3 is 2.86 bits per heavy atom. The van der Waals surface area contributed by atoms with E-state index in [1.807, 2.05) is 0 Å². The lowest BCUT2D eigenvalue weighted by atomic mass is 10.1. The molecule has 1 aliphatic rings. The maximum Gasteiger partial charge on any atom is 0.195 e. The van der Waals surface area contributed by atoms with Gasteiger partial charge in [-0.1, -0.05) is 20.8 Å². The summed E-state index contributed by atoms with van der Waals surface area (Å²) in [6.45, 7) is 7.81. The molecule has 1 fully saturated rings. The van der Waals surface area contributed by atoms with Gasteiger partial charge in [0.1, 0.15) is 0 Å². The van der Waals surface area contributed by atoms with Crippen molar-refractivity contribution in [2.75, 3.05) is 11.4 Å². The van der Waals surface area contributed by atoms with Crippen LogP contribution in [-0.4, -0.2) is 28.0 Å². The fourth-order valence-electron chi connectivity index (χ4n) is 2.82. The summed E-state index contributed by atoms with van der Waals surface area (Å²) in [4.78, 5) is 8.55. The van der Waals surface area contributed by atoms with Crippen LogP contribution in [0.5, 0.6) is 0 Å². The van der Waals surface area contributed by atoms with Crippen LogP contribution >= 0.6 is 11.3 Å². The highest BCUT2D eigenvalue weighted by Crippen LogP contribution is 2.35. The fraction of sp³-hybridized carbons (Fsp3) is 0.688. The van der Waals surface area contributed by atoms with Crippen LogP contribution in [0, 0.1) is 5.92 Å². The molecule has 0 radical (unpaired) electrons. The normalized spacial score (nSPS) is 16.8. The Hall–Kier alpha value is -1.07. The van der Waals surface area contributed by atoms with Gasteiger partial charge in [0.25, 0.3) is 0 Å². The molecule has 1 aliphatic carbocycles. The van der Waals surface area contributed by atoms with Crippen molar-refractivity contribution in [3.05, 3.63) is 17.3 Å². The Kier molecular flexibility index (Phi) is 4.22. The number of imidazole rings is 1. The summed E-state index contributed by atoms with van der Waals surface area (Å²) < 4.78 is 2.24. The zero-order chi connectivity index (χ0) is 15.0. The van der Waals surface area contributed by atoms with Crippen molar-refractivity contribution in [3.63, 3.8) is 0 Å². The zero-order valence-electron chi connectivity index (χ0n) is 13.2. The van der Waals surface area contributed by atoms with Crippen LogP contribution in [0.25, 0.3) is 4.96 Å². The number of hydrogen-bond donors (Lipinski definition) is 1. The van der Waals surface area contributed by atoms with Crippen LogP contribution in [0.3, 0.4) is 0 Å². The average molecular weight is 306 g/mol. The molecule has 0 amide bonds. The van der Waals surface area contributed by atoms with Gasteiger partial charge in [-0.2, -0.15) is 0 Å². The molecule has 1 atom stereocenters. The number of rotatable bonds is 7. The Labute approximate surface area is 131 Å². The molecule has 2 aromatic heterocycles. The molecule has 0 aromatic carbocycles. The quantitative estimate of drug-likeness (QED) is 0.854. The number of anilines is 1. The number of thiazole rings is 1. The third-order valence-electron chi connectivity index (χ3n) is 4.14. The van der Waals surface area contributed by atoms with Gasteiger partial charge in [-0.25, -0.2) is 4.98 Å². The SMILES string of the molecule is CCC(N)Cc1c(N(CC(C)C)C2CC2)nc2sccn12. The predicted octanol–water partition coefficient (Wildman–Crippen LogP) is 3.30. The summed E-state index contributed by atoms with van der Waals surface area (Å²) in [5.74, 6) is 1.83. The molecule has 3 rings (SSSR count). The van der Waals surface area contributed by atoms with Gasteiger partial charge in [0.05, 0.1) is 5.69 Å². The van der Waals surface area contributed by atoms with E-state index in [1.54, 1.807) is 11.3 Å². The molecule has 2 N–H and O–H groups in total. The second kappa shape index (κ2) is 5.97. The van der Waals surface area contributed by atoms with E-state index in [1.165, 1.54) is 24.4 Å². The summed E-state index contributed by atoms with van der Waals surface area (Å²) in [6, 6.07) is 0.900. The first-order chi connectivity index (χ1) is 10.1. The summed E-state index contributed by atoms with van der Waals surface area (Å²) in [5.41, 5.74) is 7.53. The second-order valence-electron chi connectivity index (χ2n) is 6.59. The highest BCUT2D eigenvalue weighted by atomic mass is 32.1. The van der Waals surface area contributed by atoms with Gasteiger partial charge in [-0.05, 0) is 25.2 Å². The molecule has 4 nitrogen and oxygen atoms in total. The Balaban J connectivity index is 1.98. The van der Waals surface area contributed by atoms with Gasteiger partial charge >= 0.3 is 0 Å². The predicted molar refractivity (Wildman–Crippen MR) is 90.2 cm³/mol. The van der Waals surface area contributed by atoms with Crippen molar-refractivity contribution < 1.29 is 0 Å². The van der Waals surface area contributed by atoms with Crippen molar-refractivity contribution in [2.45, 2.75) is 58.5 Å². The standard InChI is InChI=1S/C16H26N4S/c1-4-12(17)9-14-15(18-16-19(14)7-8-21-16)20(10-11(2)3)13-5-6-13/h7-8,11-13H,4-6,9-10,17H2,1-3H3. The van der Waals surface area contributed by atoms with Crippen molar-refractivity contribution in [1.29, 1.82) is 0 Å². The van der Waals surface area contributed by atoms with Gasteiger partial charge in [0, 0.05) is 36.6 Å². The first kappa shape index (κ1) is 14.9. The Bertz CT molecular complexity index is 596. The number of nitrogens with two attached hydrogens (primary N) is 1. The van der Waals surface area contributed by atoms with Crippen LogP contribution in [0.4, 0.5) is 5.82 Å². The lowest BCUT2D eigenvalue weighted by Gasteiger charge is -2.26. The van der Waals surface area contributed by atoms with E-state index in [4.69, 9.17) is 10.7 Å². The number of hydrogen-bond acceptors (Lipinski definition) is 4. The van der Waals surface area contributed by atoms with E-state index < -0.39 is 0 Å². The molecule has 1 unspecified atom stereocenters. The zero-order valence-corrected chi connectivity index (χ0v) is 14.1. The average Bonchev–Trinajstić information content (AvgIpc) is 3.09. The number of fused-ring (bicyclic) bond motifs is 1. The molecule has 0 bridgehead atoms. The molecule has 5 heteroatoms. The number of nitrogens with zero attached hydrogens (tertiary/aromatic N) is 3. The van der Waals surface area contributed by atoms with E-state index in [0.717, 1.165) is 24.3 Å². The monoisotopic (exact) mass is 306 g/mol. The van der Waals surface area contributed by atoms with Crippen molar-refractivity contribution in [2.24, 2.45) is 11.7 Å². The van der Waals surface area contributed by atoms with E-state index in [0.29, 0.717) is 12.0 Å². The first-order valence-electron chi connectivity index (χ1n) is 8.06. The maximum atomic E-state index is 6.23. The molecule has 2 heterocycles. The molecule has 1 saturated carbocycles. The third-order valence-corrected chi connectivity index (χ3v) is 4.90. The van der Waals surface area contributed by atoms with Gasteiger partial charge < -0.3 is 10.6 Å². The molecule has 0 aliphatic heterocycles. The summed E-state index contributed by atoms with van der Waals surface area (Å²) in [6.07, 6.45) is 6.65. The van der Waals surface area contributed by atoms with Gasteiger partial charge in [-0.15, -0.1) is 11.3 Å². The summed E-state index contributed by atoms with van der Waals surface area (Å²) in [5, 5.41) is 2.11. The van der Waals surface area contributed by atoms with Gasteiger partial charge in [0.15, 0.2) is 10.8 Å². The minimum Gasteiger partial charge on any atom is -0.352 e. The fourth-order valence-corrected chi connectivity index (χ4v) is 3.55. The van der Waals surface area contributed by atoms with Gasteiger partial charge in [0.2, 0.25) is 0 Å². The Morgan fingerprint density at radius 1 is 1.48 bits per heavy atom. The molecular formula is C16H26N4S. The highest BCUT2D eigenvalue weighted by Gasteiger charge is 2.33. The van der Waals surface area contributed by atoms with Crippen molar-refractivity contribution >= 4 is 22.1 Å². The molecule has 21 heavy (non-hydrogen) atoms. The largest absolute Gasteiger partial charge is 0.352 e. The van der Waals surface area contributed by atoms with Crippen LogP contribution in [0.1, 0.15) is 45.7 Å². The van der Waals surface area contributed by atoms with Gasteiger partial charge in [-0.3, -0.25) is 4.40 Å². The van der Waals surface area contributed by atoms with E-state index in [2.05, 4.69) is 41.6 Å². The van der Waals surface area contributed by atoms with Crippen LogP contribution in [0.2, 0.25) is 0 Å². The number of aromatic nitrogens is 2. The lowest BCUT2D eigenvalue weighted by Crippen LogP contribution is -2.32. The smallest absolute Gasteiger partial charge is 0.195 e. The van der Waals surface area contributed by atoms with Crippen LogP contribution < -0.4 is 10.6 Å². The topological polar surface area (TPSA) is 46.6 Å². The minimum atomic E-state index is 0.212. The van der Waals surface area contributed by atoms with Crippen LogP contribution in [-0.2, 0) is 6.42 Å². The Morgan fingerprint density at radius 2 is 2.24 bits per heavy atom. The molecule has 116 valence electrons. The van der Waals surface area contributed by atoms with Crippen molar-refractivity contribution in [1.82, 2.24) is 9.38 Å². The molecule has 0 saturated heterocycles. The summed E-state index contributed by atoms with van der Waals surface area (Å²) >= 11 is 1.71. The third kappa shape index (κ3) is 3.09. The molecule has 0 spiro atoms. The van der Waals surface area contributed by atoms with E-state index in [9.17, 15) is 0 Å². The maximum absolute atomic E-state index is 6.23. The lowest BCUT2D eigenvalue weighted by molar-refractivity contribution is 0.594. The van der Waals surface area contributed by atoms with Crippen molar-refractivity contribution in [3.8, 4) is 0 Å². The molecule has 2 aromatic rings. The second-order valence-corrected chi connectivity index (χ2v) is 7.46. The summed E-state index contributed by atoms with van der Waals surface area (Å²) in [7, 11) is 0. The van der Waals surface area contributed by atoms with Crippen LogP contribution in [0.15, 0.2) is 11.6 Å². The van der Waals surface area contributed by atoms with E-state index >= 15 is 0 Å². The minimum absolute atomic E-state index is 0.212.